The molecular formula is C16H21NO4. The zero-order valence-electron chi connectivity index (χ0n) is 12.3. The maximum atomic E-state index is 11.6. The lowest BCUT2D eigenvalue weighted by molar-refractivity contribution is -0.131. The van der Waals surface area contributed by atoms with Crippen LogP contribution >= 0.6 is 0 Å². The Bertz CT molecular complexity index is 509. The third kappa shape index (κ3) is 7.77. The Morgan fingerprint density at radius 3 is 2.81 bits per heavy atom. The van der Waals surface area contributed by atoms with Crippen LogP contribution < -0.4 is 10.1 Å². The van der Waals surface area contributed by atoms with Crippen molar-refractivity contribution in [2.45, 2.75) is 20.3 Å². The van der Waals surface area contributed by atoms with Gasteiger partial charge >= 0.3 is 5.97 Å². The topological polar surface area (TPSA) is 75.6 Å². The quantitative estimate of drug-likeness (QED) is 0.721. The molecule has 0 bridgehead atoms. The highest BCUT2D eigenvalue weighted by Gasteiger charge is 2.03. The molecule has 0 heterocycles. The highest BCUT2D eigenvalue weighted by molar-refractivity contribution is 5.85. The number of carbonyl (C=O) groups excluding carboxylic acids is 1. The molecule has 0 radical (unpaired) electrons. The normalized spacial score (nSPS) is 10.8. The minimum Gasteiger partial charge on any atom is -0.484 e. The first-order valence-corrected chi connectivity index (χ1v) is 6.88. The van der Waals surface area contributed by atoms with Gasteiger partial charge in [-0.05, 0) is 36.1 Å². The molecular weight excluding hydrogens is 270 g/mol. The Morgan fingerprint density at radius 2 is 2.14 bits per heavy atom. The van der Waals surface area contributed by atoms with Crippen molar-refractivity contribution in [3.8, 4) is 5.75 Å². The number of benzene rings is 1. The van der Waals surface area contributed by atoms with Crippen molar-refractivity contribution in [2.75, 3.05) is 13.2 Å². The van der Waals surface area contributed by atoms with Crippen LogP contribution in [0.2, 0.25) is 0 Å². The van der Waals surface area contributed by atoms with E-state index in [1.807, 2.05) is 0 Å². The highest BCUT2D eigenvalue weighted by atomic mass is 16.5. The SMILES string of the molecule is CC(C)CCNC(=O)COc1cccc(C=CC(=O)O)c1. The molecule has 5 nitrogen and oxygen atoms in total. The summed E-state index contributed by atoms with van der Waals surface area (Å²) >= 11 is 0. The van der Waals surface area contributed by atoms with Crippen molar-refractivity contribution < 1.29 is 19.4 Å². The predicted molar refractivity (Wildman–Crippen MR) is 81.1 cm³/mol. The van der Waals surface area contributed by atoms with Crippen LogP contribution in [0, 0.1) is 5.92 Å². The Kier molecular flexibility index (Phi) is 7.01. The van der Waals surface area contributed by atoms with Gasteiger partial charge in [-0.2, -0.15) is 0 Å². The molecule has 2 N–H and O–H groups in total. The van der Waals surface area contributed by atoms with Gasteiger partial charge in [0.25, 0.3) is 5.91 Å². The molecule has 1 aromatic rings. The van der Waals surface area contributed by atoms with Gasteiger partial charge in [0, 0.05) is 12.6 Å². The van der Waals surface area contributed by atoms with Gasteiger partial charge in [-0.15, -0.1) is 0 Å². The van der Waals surface area contributed by atoms with Gasteiger partial charge in [-0.3, -0.25) is 4.79 Å². The van der Waals surface area contributed by atoms with Gasteiger partial charge in [0.2, 0.25) is 0 Å². The van der Waals surface area contributed by atoms with E-state index in [0.29, 0.717) is 23.8 Å². The Hall–Kier alpha value is -2.30. The van der Waals surface area contributed by atoms with Gasteiger partial charge in [-0.25, -0.2) is 4.79 Å². The molecule has 0 aliphatic rings. The van der Waals surface area contributed by atoms with Crippen LogP contribution in [0.1, 0.15) is 25.8 Å². The minimum atomic E-state index is -1.01. The fourth-order valence-electron chi connectivity index (χ4n) is 1.58. The number of carbonyl (C=O) groups is 2. The summed E-state index contributed by atoms with van der Waals surface area (Å²) in [5.41, 5.74) is 0.704. The van der Waals surface area contributed by atoms with Gasteiger partial charge in [0.05, 0.1) is 0 Å². The predicted octanol–water partition coefficient (Wildman–Crippen LogP) is 2.33. The summed E-state index contributed by atoms with van der Waals surface area (Å²) in [7, 11) is 0. The lowest BCUT2D eigenvalue weighted by Gasteiger charge is -2.09. The van der Waals surface area contributed by atoms with Crippen LogP contribution in [0.4, 0.5) is 0 Å². The number of rotatable bonds is 8. The summed E-state index contributed by atoms with van der Waals surface area (Å²) in [6.45, 7) is 4.78. The molecule has 21 heavy (non-hydrogen) atoms. The fraction of sp³-hybridized carbons (Fsp3) is 0.375. The molecule has 0 saturated heterocycles. The molecule has 0 fully saturated rings. The van der Waals surface area contributed by atoms with E-state index in [1.54, 1.807) is 24.3 Å². The van der Waals surface area contributed by atoms with Crippen LogP contribution in [0.25, 0.3) is 6.08 Å². The van der Waals surface area contributed by atoms with Crippen molar-refractivity contribution in [1.82, 2.24) is 5.32 Å². The van der Waals surface area contributed by atoms with E-state index in [4.69, 9.17) is 9.84 Å². The number of amides is 1. The molecule has 114 valence electrons. The number of ether oxygens (including phenoxy) is 1. The summed E-state index contributed by atoms with van der Waals surface area (Å²) in [6.07, 6.45) is 3.46. The minimum absolute atomic E-state index is 0.0514. The Morgan fingerprint density at radius 1 is 1.38 bits per heavy atom. The molecule has 0 saturated carbocycles. The zero-order chi connectivity index (χ0) is 15.7. The molecule has 5 heteroatoms. The molecule has 1 aromatic carbocycles. The second kappa shape index (κ2) is 8.79. The molecule has 0 unspecified atom stereocenters. The molecule has 0 atom stereocenters. The van der Waals surface area contributed by atoms with Crippen molar-refractivity contribution in [3.63, 3.8) is 0 Å². The highest BCUT2D eigenvalue weighted by Crippen LogP contribution is 2.14. The third-order valence-electron chi connectivity index (χ3n) is 2.69. The Labute approximate surface area is 124 Å². The molecule has 0 aliphatic carbocycles. The first kappa shape index (κ1) is 16.8. The van der Waals surface area contributed by atoms with Gasteiger partial charge in [-0.1, -0.05) is 26.0 Å². The molecule has 0 spiro atoms. The average molecular weight is 291 g/mol. The van der Waals surface area contributed by atoms with Crippen LogP contribution in [-0.2, 0) is 9.59 Å². The Balaban J connectivity index is 2.43. The largest absolute Gasteiger partial charge is 0.484 e. The second-order valence-electron chi connectivity index (χ2n) is 5.07. The van der Waals surface area contributed by atoms with Gasteiger partial charge in [0.1, 0.15) is 5.75 Å². The van der Waals surface area contributed by atoms with Crippen molar-refractivity contribution in [2.24, 2.45) is 5.92 Å². The number of hydrogen-bond acceptors (Lipinski definition) is 3. The number of carboxylic acids is 1. The van der Waals surface area contributed by atoms with Gasteiger partial charge < -0.3 is 15.2 Å². The smallest absolute Gasteiger partial charge is 0.328 e. The third-order valence-corrected chi connectivity index (χ3v) is 2.69. The number of hydrogen-bond donors (Lipinski definition) is 2. The average Bonchev–Trinajstić information content (AvgIpc) is 2.43. The lowest BCUT2D eigenvalue weighted by atomic mass is 10.1. The van der Waals surface area contributed by atoms with E-state index in [1.165, 1.54) is 6.08 Å². The zero-order valence-corrected chi connectivity index (χ0v) is 12.3. The van der Waals surface area contributed by atoms with Gasteiger partial charge in [0.15, 0.2) is 6.61 Å². The van der Waals surface area contributed by atoms with Crippen LogP contribution in [0.15, 0.2) is 30.3 Å². The molecule has 0 aliphatic heterocycles. The first-order valence-electron chi connectivity index (χ1n) is 6.88. The number of carboxylic acid groups (broad SMARTS) is 1. The van der Waals surface area contributed by atoms with Crippen molar-refractivity contribution in [1.29, 1.82) is 0 Å². The summed E-state index contributed by atoms with van der Waals surface area (Å²) in [5, 5.41) is 11.4. The van der Waals surface area contributed by atoms with Crippen LogP contribution in [0.5, 0.6) is 5.75 Å². The van der Waals surface area contributed by atoms with E-state index in [2.05, 4.69) is 19.2 Å². The van der Waals surface area contributed by atoms with Crippen molar-refractivity contribution in [3.05, 3.63) is 35.9 Å². The number of nitrogens with one attached hydrogen (secondary N) is 1. The summed E-state index contributed by atoms with van der Waals surface area (Å²) in [5.74, 6) is -0.0987. The first-order chi connectivity index (χ1) is 9.97. The lowest BCUT2D eigenvalue weighted by Crippen LogP contribution is -2.30. The molecule has 1 amide bonds. The van der Waals surface area contributed by atoms with Crippen LogP contribution in [-0.4, -0.2) is 30.1 Å². The standard InChI is InChI=1S/C16H21NO4/c1-12(2)8-9-17-15(18)11-21-14-5-3-4-13(10-14)6-7-16(19)20/h3-7,10,12H,8-9,11H2,1-2H3,(H,17,18)(H,19,20). The van der Waals surface area contributed by atoms with E-state index < -0.39 is 5.97 Å². The van der Waals surface area contributed by atoms with E-state index in [9.17, 15) is 9.59 Å². The molecule has 0 aromatic heterocycles. The number of aliphatic carboxylic acids is 1. The monoisotopic (exact) mass is 291 g/mol. The fourth-order valence-corrected chi connectivity index (χ4v) is 1.58. The molecule has 1 rings (SSSR count). The van der Waals surface area contributed by atoms with E-state index in [0.717, 1.165) is 12.5 Å². The summed E-state index contributed by atoms with van der Waals surface area (Å²) < 4.78 is 5.38. The summed E-state index contributed by atoms with van der Waals surface area (Å²) in [4.78, 5) is 22.0. The van der Waals surface area contributed by atoms with Crippen LogP contribution in [0.3, 0.4) is 0 Å². The maximum Gasteiger partial charge on any atom is 0.328 e. The van der Waals surface area contributed by atoms with E-state index in [-0.39, 0.29) is 12.5 Å². The van der Waals surface area contributed by atoms with Crippen molar-refractivity contribution >= 4 is 18.0 Å². The maximum absolute atomic E-state index is 11.6. The van der Waals surface area contributed by atoms with E-state index >= 15 is 0 Å². The summed E-state index contributed by atoms with van der Waals surface area (Å²) in [6, 6.07) is 6.91. The second-order valence-corrected chi connectivity index (χ2v) is 5.07.